The van der Waals surface area contributed by atoms with E-state index < -0.39 is 18.3 Å². The summed E-state index contributed by atoms with van der Waals surface area (Å²) in [6.07, 6.45) is -0.484. The van der Waals surface area contributed by atoms with Crippen LogP contribution in [0.15, 0.2) is 18.2 Å². The third kappa shape index (κ3) is 3.09. The van der Waals surface area contributed by atoms with Gasteiger partial charge in [0.2, 0.25) is 5.91 Å². The summed E-state index contributed by atoms with van der Waals surface area (Å²) in [6, 6.07) is 5.68. The molecule has 1 heterocycles. The second-order valence-electron chi connectivity index (χ2n) is 4.49. The number of aromatic nitrogens is 2. The lowest BCUT2D eigenvalue weighted by Crippen LogP contribution is -2.28. The number of nitrogens with one attached hydrogen (secondary N) is 1. The lowest BCUT2D eigenvalue weighted by atomic mass is 10.2. The standard InChI is InChI=1S/C13H15N3O3/c1-8-14-10-4-3-9(5-11(10)15-8)7-16(2)12(17)6-13(18)19/h3-5H,6-7H2,1-2H3,(H,14,15)(H,18,19). The van der Waals surface area contributed by atoms with Crippen molar-refractivity contribution in [3.05, 3.63) is 29.6 Å². The van der Waals surface area contributed by atoms with E-state index in [-0.39, 0.29) is 0 Å². The van der Waals surface area contributed by atoms with Crippen LogP contribution in [-0.2, 0) is 16.1 Å². The van der Waals surface area contributed by atoms with E-state index in [1.165, 1.54) is 4.90 Å². The zero-order valence-electron chi connectivity index (χ0n) is 10.8. The summed E-state index contributed by atoms with van der Waals surface area (Å²) in [5.41, 5.74) is 2.72. The molecule has 2 aromatic rings. The molecule has 0 aliphatic heterocycles. The van der Waals surface area contributed by atoms with Gasteiger partial charge in [-0.15, -0.1) is 0 Å². The second-order valence-corrected chi connectivity index (χ2v) is 4.49. The van der Waals surface area contributed by atoms with Gasteiger partial charge in [0, 0.05) is 13.6 Å². The van der Waals surface area contributed by atoms with Gasteiger partial charge in [-0.2, -0.15) is 0 Å². The van der Waals surface area contributed by atoms with Gasteiger partial charge in [0.15, 0.2) is 0 Å². The minimum atomic E-state index is -1.11. The molecule has 19 heavy (non-hydrogen) atoms. The zero-order chi connectivity index (χ0) is 14.0. The fourth-order valence-electron chi connectivity index (χ4n) is 1.91. The second kappa shape index (κ2) is 5.09. The van der Waals surface area contributed by atoms with Crippen LogP contribution in [0, 0.1) is 6.92 Å². The summed E-state index contributed by atoms with van der Waals surface area (Å²) >= 11 is 0. The highest BCUT2D eigenvalue weighted by atomic mass is 16.4. The average molecular weight is 261 g/mol. The first-order valence-corrected chi connectivity index (χ1v) is 5.86. The molecular weight excluding hydrogens is 246 g/mol. The molecule has 0 atom stereocenters. The van der Waals surface area contributed by atoms with Crippen LogP contribution in [0.2, 0.25) is 0 Å². The number of imidazole rings is 1. The number of H-pyrrole nitrogens is 1. The van der Waals surface area contributed by atoms with Crippen LogP contribution in [0.1, 0.15) is 17.8 Å². The fourth-order valence-corrected chi connectivity index (χ4v) is 1.91. The van der Waals surface area contributed by atoms with Gasteiger partial charge in [-0.1, -0.05) is 6.07 Å². The van der Waals surface area contributed by atoms with Crippen molar-refractivity contribution in [2.24, 2.45) is 0 Å². The topological polar surface area (TPSA) is 86.3 Å². The van der Waals surface area contributed by atoms with Crippen molar-refractivity contribution >= 4 is 22.9 Å². The summed E-state index contributed by atoms with van der Waals surface area (Å²) in [5.74, 6) is -0.688. The van der Waals surface area contributed by atoms with Crippen LogP contribution in [0.5, 0.6) is 0 Å². The number of carbonyl (C=O) groups is 2. The number of benzene rings is 1. The quantitative estimate of drug-likeness (QED) is 0.812. The number of carboxylic acids is 1. The van der Waals surface area contributed by atoms with E-state index in [4.69, 9.17) is 5.11 Å². The molecule has 0 saturated heterocycles. The summed E-state index contributed by atoms with van der Waals surface area (Å²) in [7, 11) is 1.59. The summed E-state index contributed by atoms with van der Waals surface area (Å²) in [5, 5.41) is 8.58. The van der Waals surface area contributed by atoms with E-state index in [0.29, 0.717) is 6.54 Å². The fraction of sp³-hybridized carbons (Fsp3) is 0.308. The van der Waals surface area contributed by atoms with Gasteiger partial charge < -0.3 is 15.0 Å². The molecule has 0 aliphatic carbocycles. The van der Waals surface area contributed by atoms with Gasteiger partial charge in [-0.3, -0.25) is 9.59 Å². The number of carbonyl (C=O) groups excluding carboxylic acids is 1. The number of fused-ring (bicyclic) bond motifs is 1. The zero-order valence-corrected chi connectivity index (χ0v) is 10.8. The Balaban J connectivity index is 2.12. The minimum Gasteiger partial charge on any atom is -0.481 e. The maximum atomic E-state index is 11.6. The lowest BCUT2D eigenvalue weighted by Gasteiger charge is -2.16. The number of aliphatic carboxylic acids is 1. The number of aryl methyl sites for hydroxylation is 1. The van der Waals surface area contributed by atoms with Gasteiger partial charge in [0.25, 0.3) is 0 Å². The molecule has 2 rings (SSSR count). The monoisotopic (exact) mass is 261 g/mol. The Labute approximate surface area is 110 Å². The van der Waals surface area contributed by atoms with Crippen molar-refractivity contribution in [3.63, 3.8) is 0 Å². The molecule has 6 nitrogen and oxygen atoms in total. The van der Waals surface area contributed by atoms with E-state index in [1.54, 1.807) is 7.05 Å². The maximum absolute atomic E-state index is 11.6. The summed E-state index contributed by atoms with van der Waals surface area (Å²) in [6.45, 7) is 2.25. The van der Waals surface area contributed by atoms with Crippen LogP contribution in [-0.4, -0.2) is 38.9 Å². The molecule has 1 amide bonds. The molecule has 6 heteroatoms. The Morgan fingerprint density at radius 3 is 2.84 bits per heavy atom. The Hall–Kier alpha value is -2.37. The van der Waals surface area contributed by atoms with Crippen molar-refractivity contribution in [1.82, 2.24) is 14.9 Å². The van der Waals surface area contributed by atoms with E-state index in [1.807, 2.05) is 25.1 Å². The number of aromatic amines is 1. The van der Waals surface area contributed by atoms with Crippen molar-refractivity contribution in [2.75, 3.05) is 7.05 Å². The Morgan fingerprint density at radius 2 is 2.16 bits per heavy atom. The van der Waals surface area contributed by atoms with Crippen LogP contribution in [0.3, 0.4) is 0 Å². The first-order chi connectivity index (χ1) is 8.95. The number of carboxylic acid groups (broad SMARTS) is 1. The van der Waals surface area contributed by atoms with Crippen LogP contribution >= 0.6 is 0 Å². The van der Waals surface area contributed by atoms with Gasteiger partial charge in [-0.25, -0.2) is 4.98 Å². The van der Waals surface area contributed by atoms with Crippen LogP contribution in [0.4, 0.5) is 0 Å². The largest absolute Gasteiger partial charge is 0.481 e. The summed E-state index contributed by atoms with van der Waals surface area (Å²) in [4.78, 5) is 30.9. The number of nitrogens with zero attached hydrogens (tertiary/aromatic N) is 2. The summed E-state index contributed by atoms with van der Waals surface area (Å²) < 4.78 is 0. The molecule has 0 radical (unpaired) electrons. The molecule has 0 spiro atoms. The van der Waals surface area contributed by atoms with Crippen molar-refractivity contribution in [3.8, 4) is 0 Å². The minimum absolute atomic E-state index is 0.375. The van der Waals surface area contributed by atoms with Gasteiger partial charge in [0.05, 0.1) is 11.0 Å². The number of hydrogen-bond donors (Lipinski definition) is 2. The SMILES string of the molecule is Cc1nc2ccc(CN(C)C(=O)CC(=O)O)cc2[nH]1. The number of rotatable bonds is 4. The van der Waals surface area contributed by atoms with Crippen molar-refractivity contribution < 1.29 is 14.7 Å². The van der Waals surface area contributed by atoms with E-state index in [0.717, 1.165) is 22.4 Å². The molecule has 0 bridgehead atoms. The van der Waals surface area contributed by atoms with Gasteiger partial charge >= 0.3 is 5.97 Å². The normalized spacial score (nSPS) is 10.6. The molecule has 100 valence electrons. The number of hydrogen-bond acceptors (Lipinski definition) is 3. The van der Waals surface area contributed by atoms with Gasteiger partial charge in [-0.05, 0) is 24.6 Å². The molecule has 2 N–H and O–H groups in total. The van der Waals surface area contributed by atoms with Crippen molar-refractivity contribution in [1.29, 1.82) is 0 Å². The van der Waals surface area contributed by atoms with E-state index in [9.17, 15) is 9.59 Å². The first-order valence-electron chi connectivity index (χ1n) is 5.86. The third-order valence-corrected chi connectivity index (χ3v) is 2.81. The lowest BCUT2D eigenvalue weighted by molar-refractivity contribution is -0.143. The van der Waals surface area contributed by atoms with Gasteiger partial charge in [0.1, 0.15) is 12.2 Å². The molecular formula is C13H15N3O3. The predicted molar refractivity (Wildman–Crippen MR) is 69.6 cm³/mol. The van der Waals surface area contributed by atoms with Crippen molar-refractivity contribution in [2.45, 2.75) is 19.9 Å². The Morgan fingerprint density at radius 1 is 1.42 bits per heavy atom. The molecule has 0 fully saturated rings. The first kappa shape index (κ1) is 13.1. The van der Waals surface area contributed by atoms with E-state index >= 15 is 0 Å². The number of amides is 1. The molecule has 0 unspecified atom stereocenters. The highest BCUT2D eigenvalue weighted by Gasteiger charge is 2.13. The highest BCUT2D eigenvalue weighted by Crippen LogP contribution is 2.14. The van der Waals surface area contributed by atoms with Crippen LogP contribution in [0.25, 0.3) is 11.0 Å². The van der Waals surface area contributed by atoms with E-state index in [2.05, 4.69) is 9.97 Å². The highest BCUT2D eigenvalue weighted by molar-refractivity contribution is 5.93. The third-order valence-electron chi connectivity index (χ3n) is 2.81. The van der Waals surface area contributed by atoms with Crippen LogP contribution < -0.4 is 0 Å². The Bertz CT molecular complexity index is 633. The Kier molecular flexibility index (Phi) is 3.50. The molecule has 0 aliphatic rings. The molecule has 1 aromatic heterocycles. The molecule has 0 saturated carbocycles. The maximum Gasteiger partial charge on any atom is 0.312 e. The molecule has 1 aromatic carbocycles. The average Bonchev–Trinajstić information content (AvgIpc) is 2.67. The predicted octanol–water partition coefficient (Wildman–Crippen LogP) is 1.30. The smallest absolute Gasteiger partial charge is 0.312 e.